The van der Waals surface area contributed by atoms with Crippen LogP contribution in [0.25, 0.3) is 11.6 Å². The average molecular weight is 427 g/mol. The fourth-order valence-corrected chi connectivity index (χ4v) is 6.79. The molecule has 0 spiro atoms. The van der Waals surface area contributed by atoms with Gasteiger partial charge in [0.05, 0.1) is 0 Å². The predicted octanol–water partition coefficient (Wildman–Crippen LogP) is 7.68. The molecule has 1 aromatic rings. The standard InChI is InChI=1S/C32H42/c1-10-24-27(11-2)32(12-3,31(7,8)9)29(21-15-13-14-16-21)26-20-22-19-23(30(4,5)6)17-18-25(22)28(24)26/h13-15,17-20H,10-12,16H2,1-9H3. The summed E-state index contributed by atoms with van der Waals surface area (Å²) in [5, 5.41) is 2.85. The largest absolute Gasteiger partial charge is 0.0801 e. The van der Waals surface area contributed by atoms with Crippen LogP contribution in [0.5, 0.6) is 0 Å². The van der Waals surface area contributed by atoms with Gasteiger partial charge in [0.25, 0.3) is 0 Å². The average Bonchev–Trinajstić information content (AvgIpc) is 3.37. The molecule has 0 fully saturated rings. The second-order valence-electron chi connectivity index (χ2n) is 11.9. The minimum atomic E-state index is 0.0647. The Hall–Kier alpha value is -2.08. The molecule has 0 nitrogen and oxygen atoms in total. The van der Waals surface area contributed by atoms with Crippen molar-refractivity contribution in [3.63, 3.8) is 0 Å². The van der Waals surface area contributed by atoms with Gasteiger partial charge in [-0.25, -0.2) is 0 Å². The monoisotopic (exact) mass is 426 g/mol. The highest BCUT2D eigenvalue weighted by Gasteiger charge is 2.51. The Bertz CT molecular complexity index is 1190. The van der Waals surface area contributed by atoms with Crippen LogP contribution in [0, 0.1) is 10.8 Å². The highest BCUT2D eigenvalue weighted by Crippen LogP contribution is 2.62. The van der Waals surface area contributed by atoms with Gasteiger partial charge in [0.15, 0.2) is 0 Å². The summed E-state index contributed by atoms with van der Waals surface area (Å²) < 4.78 is 0. The Morgan fingerprint density at radius 3 is 2.16 bits per heavy atom. The first kappa shape index (κ1) is 23.1. The van der Waals surface area contributed by atoms with E-state index in [0.29, 0.717) is 0 Å². The van der Waals surface area contributed by atoms with Crippen LogP contribution in [0.3, 0.4) is 0 Å². The van der Waals surface area contributed by atoms with E-state index >= 15 is 0 Å². The van der Waals surface area contributed by atoms with Crippen LogP contribution in [0.15, 0.2) is 64.3 Å². The quantitative estimate of drug-likeness (QED) is 0.463. The topological polar surface area (TPSA) is 0 Å². The lowest BCUT2D eigenvalue weighted by Crippen LogP contribution is -2.43. The van der Waals surface area contributed by atoms with E-state index in [1.807, 2.05) is 0 Å². The molecule has 4 rings (SSSR count). The first-order valence-corrected chi connectivity index (χ1v) is 12.7. The smallest absolute Gasteiger partial charge is 0.0222 e. The van der Waals surface area contributed by atoms with Gasteiger partial charge in [-0.15, -0.1) is 0 Å². The van der Waals surface area contributed by atoms with Crippen LogP contribution in [0.2, 0.25) is 0 Å². The molecule has 0 saturated heterocycles. The van der Waals surface area contributed by atoms with E-state index in [9.17, 15) is 0 Å². The summed E-state index contributed by atoms with van der Waals surface area (Å²) in [4.78, 5) is 0. The summed E-state index contributed by atoms with van der Waals surface area (Å²) in [7, 11) is 0. The van der Waals surface area contributed by atoms with Gasteiger partial charge in [0.2, 0.25) is 0 Å². The Morgan fingerprint density at radius 2 is 1.66 bits per heavy atom. The Labute approximate surface area is 196 Å². The number of rotatable bonds is 4. The molecule has 0 heterocycles. The van der Waals surface area contributed by atoms with Crippen molar-refractivity contribution in [2.45, 2.75) is 93.4 Å². The summed E-state index contributed by atoms with van der Waals surface area (Å²) in [6.07, 6.45) is 13.9. The number of hydrogen-bond donors (Lipinski definition) is 0. The summed E-state index contributed by atoms with van der Waals surface area (Å²) in [6.45, 7) is 21.5. The summed E-state index contributed by atoms with van der Waals surface area (Å²) in [5.74, 6) is 0. The maximum atomic E-state index is 2.53. The summed E-state index contributed by atoms with van der Waals surface area (Å²) in [5.41, 5.74) is 11.2. The second-order valence-corrected chi connectivity index (χ2v) is 11.9. The maximum Gasteiger partial charge on any atom is 0.0222 e. The first-order chi connectivity index (χ1) is 15.0. The third kappa shape index (κ3) is 3.17. The van der Waals surface area contributed by atoms with Crippen molar-refractivity contribution in [1.82, 2.24) is 0 Å². The van der Waals surface area contributed by atoms with Gasteiger partial charge in [-0.1, -0.05) is 104 Å². The van der Waals surface area contributed by atoms with Gasteiger partial charge in [-0.3, -0.25) is 0 Å². The van der Waals surface area contributed by atoms with Gasteiger partial charge in [0.1, 0.15) is 0 Å². The minimum absolute atomic E-state index is 0.0647. The lowest BCUT2D eigenvalue weighted by atomic mass is 9.51. The van der Waals surface area contributed by atoms with Crippen molar-refractivity contribution in [3.05, 3.63) is 80.3 Å². The molecule has 1 aromatic carbocycles. The van der Waals surface area contributed by atoms with Crippen LogP contribution < -0.4 is 10.4 Å². The Kier molecular flexibility index (Phi) is 5.60. The predicted molar refractivity (Wildman–Crippen MR) is 141 cm³/mol. The lowest BCUT2D eigenvalue weighted by Gasteiger charge is -2.53. The van der Waals surface area contributed by atoms with Crippen molar-refractivity contribution >= 4 is 11.6 Å². The maximum absolute atomic E-state index is 2.53. The van der Waals surface area contributed by atoms with Gasteiger partial charge in [0, 0.05) is 5.41 Å². The molecule has 0 heteroatoms. The van der Waals surface area contributed by atoms with Gasteiger partial charge in [-0.2, -0.15) is 0 Å². The van der Waals surface area contributed by atoms with Crippen molar-refractivity contribution in [3.8, 4) is 0 Å². The molecule has 3 aliphatic rings. The second kappa shape index (κ2) is 7.75. The zero-order valence-electron chi connectivity index (χ0n) is 21.9. The molecule has 1 unspecified atom stereocenters. The molecule has 0 bridgehead atoms. The van der Waals surface area contributed by atoms with E-state index in [0.717, 1.165) is 25.7 Å². The molecule has 170 valence electrons. The minimum Gasteiger partial charge on any atom is -0.0801 e. The summed E-state index contributed by atoms with van der Waals surface area (Å²) >= 11 is 0. The molecule has 0 aromatic heterocycles. The molecule has 0 N–H and O–H groups in total. The van der Waals surface area contributed by atoms with E-state index in [4.69, 9.17) is 0 Å². The number of hydrogen-bond acceptors (Lipinski definition) is 0. The van der Waals surface area contributed by atoms with Crippen molar-refractivity contribution in [1.29, 1.82) is 0 Å². The zero-order valence-corrected chi connectivity index (χ0v) is 21.9. The Morgan fingerprint density at radius 1 is 0.938 bits per heavy atom. The van der Waals surface area contributed by atoms with Crippen LogP contribution in [-0.2, 0) is 5.41 Å². The molecular formula is C32H42. The van der Waals surface area contributed by atoms with Gasteiger partial charge < -0.3 is 0 Å². The molecule has 0 amide bonds. The van der Waals surface area contributed by atoms with Gasteiger partial charge >= 0.3 is 0 Å². The van der Waals surface area contributed by atoms with E-state index < -0.39 is 0 Å². The highest BCUT2D eigenvalue weighted by atomic mass is 14.5. The molecule has 32 heavy (non-hydrogen) atoms. The van der Waals surface area contributed by atoms with Crippen LogP contribution in [0.1, 0.15) is 93.6 Å². The van der Waals surface area contributed by atoms with E-state index in [1.54, 1.807) is 16.7 Å². The molecule has 3 aliphatic carbocycles. The Balaban J connectivity index is 2.19. The molecule has 1 atom stereocenters. The number of benzene rings is 1. The van der Waals surface area contributed by atoms with E-state index in [2.05, 4.69) is 105 Å². The molecule has 0 radical (unpaired) electrons. The van der Waals surface area contributed by atoms with Crippen LogP contribution >= 0.6 is 0 Å². The van der Waals surface area contributed by atoms with Crippen molar-refractivity contribution < 1.29 is 0 Å². The summed E-state index contributed by atoms with van der Waals surface area (Å²) in [6, 6.07) is 7.23. The molecular weight excluding hydrogens is 384 g/mol. The highest BCUT2D eigenvalue weighted by molar-refractivity contribution is 5.95. The lowest BCUT2D eigenvalue weighted by molar-refractivity contribution is 0.163. The fourth-order valence-electron chi connectivity index (χ4n) is 6.79. The number of fused-ring (bicyclic) bond motifs is 2. The van der Waals surface area contributed by atoms with Crippen LogP contribution in [-0.4, -0.2) is 0 Å². The SMILES string of the molecule is CCC1=C(CC)C(CC)(C(C)(C)C)C(C2=CC=CC2)=C2C=c3cc(C(C)(C)C)ccc3=C21. The van der Waals surface area contributed by atoms with Gasteiger partial charge in [-0.05, 0) is 86.5 Å². The third-order valence-corrected chi connectivity index (χ3v) is 8.24. The molecule has 0 aliphatic heterocycles. The normalized spacial score (nSPS) is 22.9. The fraction of sp³-hybridized carbons (Fsp3) is 0.500. The van der Waals surface area contributed by atoms with Crippen LogP contribution in [0.4, 0.5) is 0 Å². The third-order valence-electron chi connectivity index (χ3n) is 8.24. The first-order valence-electron chi connectivity index (χ1n) is 12.7. The van der Waals surface area contributed by atoms with E-state index in [1.165, 1.54) is 32.7 Å². The molecule has 0 saturated carbocycles. The van der Waals surface area contributed by atoms with Crippen molar-refractivity contribution in [2.24, 2.45) is 10.8 Å². The van der Waals surface area contributed by atoms with E-state index in [-0.39, 0.29) is 16.2 Å². The zero-order chi connectivity index (χ0) is 23.5. The van der Waals surface area contributed by atoms with Crippen molar-refractivity contribution in [2.75, 3.05) is 0 Å². The number of allylic oxidation sites excluding steroid dienone is 8.